The van der Waals surface area contributed by atoms with Gasteiger partial charge in [0.05, 0.1) is 25.3 Å². The number of urea groups is 1. The summed E-state index contributed by atoms with van der Waals surface area (Å²) in [4.78, 5) is 25.3. The average molecular weight is 454 g/mol. The van der Waals surface area contributed by atoms with E-state index in [2.05, 4.69) is 10.6 Å². The fourth-order valence-electron chi connectivity index (χ4n) is 3.67. The molecule has 0 spiro atoms. The van der Waals surface area contributed by atoms with Crippen molar-refractivity contribution >= 4 is 12.0 Å². The SMILES string of the molecule is CCCOc1ccc(C2NC(=O)NC(C)=C2C(=O)OCc2ccc3c(c2)OCO3)cc1OC. The van der Waals surface area contributed by atoms with Crippen LogP contribution in [0.2, 0.25) is 0 Å². The minimum absolute atomic E-state index is 0.0417. The summed E-state index contributed by atoms with van der Waals surface area (Å²) in [6.45, 7) is 4.44. The van der Waals surface area contributed by atoms with E-state index in [4.69, 9.17) is 23.7 Å². The maximum absolute atomic E-state index is 13.1. The highest BCUT2D eigenvalue weighted by atomic mass is 16.7. The summed E-state index contributed by atoms with van der Waals surface area (Å²) in [5, 5.41) is 5.44. The van der Waals surface area contributed by atoms with Gasteiger partial charge >= 0.3 is 12.0 Å². The zero-order chi connectivity index (χ0) is 23.4. The molecule has 0 fully saturated rings. The van der Waals surface area contributed by atoms with Crippen LogP contribution in [0.25, 0.3) is 0 Å². The highest BCUT2D eigenvalue weighted by molar-refractivity contribution is 5.95. The van der Waals surface area contributed by atoms with Gasteiger partial charge < -0.3 is 34.3 Å². The molecular weight excluding hydrogens is 428 g/mol. The van der Waals surface area contributed by atoms with Crippen LogP contribution in [0, 0.1) is 0 Å². The second-order valence-corrected chi connectivity index (χ2v) is 7.59. The van der Waals surface area contributed by atoms with Crippen LogP contribution in [-0.2, 0) is 16.1 Å². The second-order valence-electron chi connectivity index (χ2n) is 7.59. The van der Waals surface area contributed by atoms with Crippen molar-refractivity contribution in [2.24, 2.45) is 0 Å². The molecule has 0 radical (unpaired) electrons. The van der Waals surface area contributed by atoms with Crippen molar-refractivity contribution in [1.82, 2.24) is 10.6 Å². The highest BCUT2D eigenvalue weighted by Crippen LogP contribution is 2.35. The molecule has 2 amide bonds. The molecule has 0 bridgehead atoms. The van der Waals surface area contributed by atoms with Gasteiger partial charge in [0.2, 0.25) is 6.79 Å². The van der Waals surface area contributed by atoms with Gasteiger partial charge in [-0.05, 0) is 48.7 Å². The molecule has 1 atom stereocenters. The van der Waals surface area contributed by atoms with Crippen LogP contribution in [0.1, 0.15) is 37.4 Å². The van der Waals surface area contributed by atoms with Crippen LogP contribution in [-0.4, -0.2) is 32.5 Å². The molecule has 2 aliphatic heterocycles. The zero-order valence-electron chi connectivity index (χ0n) is 18.7. The number of carbonyl (C=O) groups is 2. The normalized spacial score (nSPS) is 16.7. The number of rotatable bonds is 8. The summed E-state index contributed by atoms with van der Waals surface area (Å²) in [5.41, 5.74) is 2.15. The standard InChI is InChI=1S/C24H26N2O7/c1-4-9-30-17-8-6-16(11-19(17)29-3)22-21(14(2)25-24(28)26-22)23(27)31-12-15-5-7-18-20(10-15)33-13-32-18/h5-8,10-11,22H,4,9,12-13H2,1-3H3,(H2,25,26,28). The number of hydrogen-bond donors (Lipinski definition) is 2. The lowest BCUT2D eigenvalue weighted by Gasteiger charge is -2.28. The Morgan fingerprint density at radius 2 is 1.94 bits per heavy atom. The van der Waals surface area contributed by atoms with Crippen molar-refractivity contribution in [3.8, 4) is 23.0 Å². The summed E-state index contributed by atoms with van der Waals surface area (Å²) in [6.07, 6.45) is 0.858. The molecule has 9 nitrogen and oxygen atoms in total. The van der Waals surface area contributed by atoms with E-state index < -0.39 is 18.0 Å². The van der Waals surface area contributed by atoms with Crippen LogP contribution < -0.4 is 29.6 Å². The fraction of sp³-hybridized carbons (Fsp3) is 0.333. The Bertz CT molecular complexity index is 1100. The van der Waals surface area contributed by atoms with Crippen molar-refractivity contribution in [2.75, 3.05) is 20.5 Å². The van der Waals surface area contributed by atoms with Gasteiger partial charge in [0.15, 0.2) is 23.0 Å². The number of fused-ring (bicyclic) bond motifs is 1. The van der Waals surface area contributed by atoms with Crippen LogP contribution in [0.5, 0.6) is 23.0 Å². The molecular formula is C24H26N2O7. The average Bonchev–Trinajstić information content (AvgIpc) is 3.28. The maximum Gasteiger partial charge on any atom is 0.338 e. The monoisotopic (exact) mass is 454 g/mol. The first-order valence-corrected chi connectivity index (χ1v) is 10.6. The van der Waals surface area contributed by atoms with E-state index in [0.29, 0.717) is 46.4 Å². The molecule has 2 aliphatic rings. The van der Waals surface area contributed by atoms with Gasteiger partial charge in [-0.1, -0.05) is 19.1 Å². The molecule has 33 heavy (non-hydrogen) atoms. The molecule has 2 N–H and O–H groups in total. The van der Waals surface area contributed by atoms with E-state index in [0.717, 1.165) is 12.0 Å². The largest absolute Gasteiger partial charge is 0.493 e. The number of benzene rings is 2. The number of amides is 2. The van der Waals surface area contributed by atoms with Gasteiger partial charge in [0.25, 0.3) is 0 Å². The minimum atomic E-state index is -0.711. The van der Waals surface area contributed by atoms with Gasteiger partial charge in [-0.3, -0.25) is 0 Å². The number of allylic oxidation sites excluding steroid dienone is 1. The predicted molar refractivity (Wildman–Crippen MR) is 118 cm³/mol. The zero-order valence-corrected chi connectivity index (χ0v) is 18.7. The Labute approximate surface area is 191 Å². The topological polar surface area (TPSA) is 104 Å². The van der Waals surface area contributed by atoms with Gasteiger partial charge in [0.1, 0.15) is 6.61 Å². The Morgan fingerprint density at radius 3 is 2.73 bits per heavy atom. The molecule has 2 aromatic rings. The van der Waals surface area contributed by atoms with Crippen molar-refractivity contribution in [3.63, 3.8) is 0 Å². The summed E-state index contributed by atoms with van der Waals surface area (Å²) in [5.74, 6) is 1.83. The summed E-state index contributed by atoms with van der Waals surface area (Å²) >= 11 is 0. The lowest BCUT2D eigenvalue weighted by molar-refractivity contribution is -0.140. The van der Waals surface area contributed by atoms with E-state index >= 15 is 0 Å². The van der Waals surface area contributed by atoms with Crippen molar-refractivity contribution in [1.29, 1.82) is 0 Å². The molecule has 2 aromatic carbocycles. The Kier molecular flexibility index (Phi) is 6.58. The van der Waals surface area contributed by atoms with Crippen molar-refractivity contribution in [3.05, 3.63) is 58.8 Å². The van der Waals surface area contributed by atoms with E-state index in [1.807, 2.05) is 6.92 Å². The fourth-order valence-corrected chi connectivity index (χ4v) is 3.67. The number of esters is 1. The van der Waals surface area contributed by atoms with E-state index in [9.17, 15) is 9.59 Å². The predicted octanol–water partition coefficient (Wildman–Crippen LogP) is 3.58. The maximum atomic E-state index is 13.1. The minimum Gasteiger partial charge on any atom is -0.493 e. The van der Waals surface area contributed by atoms with Gasteiger partial charge in [0, 0.05) is 5.70 Å². The molecule has 9 heteroatoms. The first kappa shape index (κ1) is 22.3. The third-order valence-corrected chi connectivity index (χ3v) is 5.28. The summed E-state index contributed by atoms with van der Waals surface area (Å²) < 4.78 is 27.4. The van der Waals surface area contributed by atoms with E-state index in [-0.39, 0.29) is 13.4 Å². The molecule has 174 valence electrons. The highest BCUT2D eigenvalue weighted by Gasteiger charge is 2.33. The lowest BCUT2D eigenvalue weighted by atomic mass is 9.95. The third kappa shape index (κ3) is 4.82. The quantitative estimate of drug-likeness (QED) is 0.588. The number of nitrogens with one attached hydrogen (secondary N) is 2. The third-order valence-electron chi connectivity index (χ3n) is 5.28. The number of hydrogen-bond acceptors (Lipinski definition) is 7. The van der Waals surface area contributed by atoms with Gasteiger partial charge in [-0.2, -0.15) is 0 Å². The molecule has 0 saturated heterocycles. The number of ether oxygens (including phenoxy) is 5. The van der Waals surface area contributed by atoms with Crippen molar-refractivity contribution < 1.29 is 33.3 Å². The van der Waals surface area contributed by atoms with Gasteiger partial charge in [-0.25, -0.2) is 9.59 Å². The molecule has 4 rings (SSSR count). The van der Waals surface area contributed by atoms with Crippen molar-refractivity contribution in [2.45, 2.75) is 32.9 Å². The molecule has 0 aliphatic carbocycles. The Hall–Kier alpha value is -3.88. The second kappa shape index (κ2) is 9.72. The van der Waals surface area contributed by atoms with Crippen LogP contribution in [0.15, 0.2) is 47.7 Å². The Balaban J connectivity index is 1.55. The first-order chi connectivity index (χ1) is 16.0. The molecule has 0 saturated carbocycles. The van der Waals surface area contributed by atoms with E-state index in [1.165, 1.54) is 0 Å². The summed E-state index contributed by atoms with van der Waals surface area (Å²) in [6, 6.07) is 9.54. The molecule has 0 aromatic heterocycles. The lowest BCUT2D eigenvalue weighted by Crippen LogP contribution is -2.45. The smallest absolute Gasteiger partial charge is 0.338 e. The van der Waals surface area contributed by atoms with Gasteiger partial charge in [-0.15, -0.1) is 0 Å². The van der Waals surface area contributed by atoms with Crippen LogP contribution in [0.3, 0.4) is 0 Å². The first-order valence-electron chi connectivity index (χ1n) is 10.6. The number of carbonyl (C=O) groups excluding carboxylic acids is 2. The molecule has 2 heterocycles. The number of methoxy groups -OCH3 is 1. The Morgan fingerprint density at radius 1 is 1.12 bits per heavy atom. The van der Waals surface area contributed by atoms with Crippen LogP contribution in [0.4, 0.5) is 4.79 Å². The molecule has 1 unspecified atom stereocenters. The van der Waals surface area contributed by atoms with Crippen LogP contribution >= 0.6 is 0 Å². The van der Waals surface area contributed by atoms with E-state index in [1.54, 1.807) is 50.4 Å². The summed E-state index contributed by atoms with van der Waals surface area (Å²) in [7, 11) is 1.54.